The Kier molecular flexibility index (Phi) is 4.47. The number of pyridine rings is 2. The summed E-state index contributed by atoms with van der Waals surface area (Å²) in [4.78, 5) is 35.2. The van der Waals surface area contributed by atoms with E-state index in [9.17, 15) is 14.7 Å². The number of carbonyl (C=O) groups is 2. The maximum atomic E-state index is 12.0. The van der Waals surface area contributed by atoms with Crippen molar-refractivity contribution < 1.29 is 14.7 Å². The minimum Gasteiger partial charge on any atom is -0.478 e. The average Bonchev–Trinajstić information content (AvgIpc) is 3.11. The van der Waals surface area contributed by atoms with Gasteiger partial charge < -0.3 is 15.4 Å². The fraction of sp³-hybridized carbons (Fsp3) is 0.222. The standard InChI is InChI=1S/C18H18N4O3/c1-3-11(13-8-20-9-16-12(13)4-5-21-16)14-6-10(18(24)25)7-15(22-14)17(23)19-2/h4-9,11,21H,3H2,1-2H3,(H,19,23)(H,24,25). The van der Waals surface area contributed by atoms with Gasteiger partial charge in [0, 0.05) is 36.4 Å². The third kappa shape index (κ3) is 3.08. The minimum atomic E-state index is -1.10. The molecule has 128 valence electrons. The molecule has 0 radical (unpaired) electrons. The number of carboxylic acid groups (broad SMARTS) is 1. The maximum absolute atomic E-state index is 12.0. The molecule has 1 atom stereocenters. The lowest BCUT2D eigenvalue weighted by Crippen LogP contribution is -2.21. The van der Waals surface area contributed by atoms with Crippen molar-refractivity contribution >= 4 is 22.8 Å². The molecule has 3 aromatic rings. The van der Waals surface area contributed by atoms with E-state index >= 15 is 0 Å². The SMILES string of the molecule is CCC(c1cc(C(=O)O)cc(C(=O)NC)n1)c1cncc2[nH]ccc12. The van der Waals surface area contributed by atoms with Crippen molar-refractivity contribution in [3.05, 3.63) is 59.3 Å². The number of nitrogens with zero attached hydrogens (tertiary/aromatic N) is 2. The molecule has 1 amide bonds. The predicted molar refractivity (Wildman–Crippen MR) is 92.8 cm³/mol. The Balaban J connectivity index is 2.18. The molecule has 0 aromatic carbocycles. The molecule has 3 N–H and O–H groups in total. The topological polar surface area (TPSA) is 108 Å². The maximum Gasteiger partial charge on any atom is 0.335 e. The second-order valence-electron chi connectivity index (χ2n) is 5.68. The number of amides is 1. The van der Waals surface area contributed by atoms with Crippen LogP contribution in [0.5, 0.6) is 0 Å². The molecule has 0 spiro atoms. The molecular formula is C18H18N4O3. The van der Waals surface area contributed by atoms with E-state index in [1.54, 1.807) is 12.4 Å². The van der Waals surface area contributed by atoms with Crippen molar-refractivity contribution in [2.24, 2.45) is 0 Å². The summed E-state index contributed by atoms with van der Waals surface area (Å²) < 4.78 is 0. The lowest BCUT2D eigenvalue weighted by Gasteiger charge is -2.17. The molecule has 0 aliphatic rings. The summed E-state index contributed by atoms with van der Waals surface area (Å²) in [5.74, 6) is -1.69. The number of carbonyl (C=O) groups excluding carboxylic acids is 1. The minimum absolute atomic E-state index is 0.0382. The monoisotopic (exact) mass is 338 g/mol. The number of nitrogens with one attached hydrogen (secondary N) is 2. The second-order valence-corrected chi connectivity index (χ2v) is 5.68. The Morgan fingerprint density at radius 3 is 2.80 bits per heavy atom. The number of aromatic carboxylic acids is 1. The van der Waals surface area contributed by atoms with E-state index in [2.05, 4.69) is 20.3 Å². The molecule has 0 bridgehead atoms. The molecule has 7 nitrogen and oxygen atoms in total. The first-order valence-corrected chi connectivity index (χ1v) is 7.93. The molecule has 0 saturated carbocycles. The van der Waals surface area contributed by atoms with Crippen LogP contribution >= 0.6 is 0 Å². The molecule has 0 fully saturated rings. The number of hydrogen-bond acceptors (Lipinski definition) is 4. The molecule has 0 aliphatic heterocycles. The van der Waals surface area contributed by atoms with Gasteiger partial charge in [-0.3, -0.25) is 9.78 Å². The molecule has 1 unspecified atom stereocenters. The van der Waals surface area contributed by atoms with Gasteiger partial charge in [-0.05, 0) is 30.2 Å². The number of carboxylic acids is 1. The molecule has 3 heterocycles. The Labute approximate surface area is 144 Å². The number of aromatic nitrogens is 3. The zero-order valence-corrected chi connectivity index (χ0v) is 13.9. The van der Waals surface area contributed by atoms with Gasteiger partial charge in [-0.2, -0.15) is 0 Å². The molecular weight excluding hydrogens is 320 g/mol. The Morgan fingerprint density at radius 2 is 2.12 bits per heavy atom. The van der Waals surface area contributed by atoms with Gasteiger partial charge in [-0.15, -0.1) is 0 Å². The van der Waals surface area contributed by atoms with Crippen LogP contribution in [0.2, 0.25) is 0 Å². The highest BCUT2D eigenvalue weighted by atomic mass is 16.4. The van der Waals surface area contributed by atoms with Crippen LogP contribution in [-0.4, -0.2) is 39.0 Å². The van der Waals surface area contributed by atoms with Crippen LogP contribution in [0.1, 0.15) is 51.4 Å². The van der Waals surface area contributed by atoms with Crippen LogP contribution in [0.4, 0.5) is 0 Å². The highest BCUT2D eigenvalue weighted by molar-refractivity contribution is 5.96. The molecule has 3 rings (SSSR count). The van der Waals surface area contributed by atoms with Gasteiger partial charge in [0.25, 0.3) is 5.91 Å². The van der Waals surface area contributed by atoms with Crippen molar-refractivity contribution in [1.29, 1.82) is 0 Å². The third-order valence-corrected chi connectivity index (χ3v) is 4.20. The summed E-state index contributed by atoms with van der Waals surface area (Å²) in [5, 5.41) is 12.9. The van der Waals surface area contributed by atoms with Crippen molar-refractivity contribution in [3.8, 4) is 0 Å². The second kappa shape index (κ2) is 6.72. The summed E-state index contributed by atoms with van der Waals surface area (Å²) in [6.45, 7) is 1.99. The lowest BCUT2D eigenvalue weighted by atomic mass is 9.91. The Morgan fingerprint density at radius 1 is 1.32 bits per heavy atom. The first-order valence-electron chi connectivity index (χ1n) is 7.93. The zero-order valence-electron chi connectivity index (χ0n) is 13.9. The Bertz CT molecular complexity index is 948. The summed E-state index contributed by atoms with van der Waals surface area (Å²) in [7, 11) is 1.49. The van der Waals surface area contributed by atoms with Crippen molar-refractivity contribution in [3.63, 3.8) is 0 Å². The smallest absolute Gasteiger partial charge is 0.335 e. The van der Waals surface area contributed by atoms with Gasteiger partial charge in [0.05, 0.1) is 17.3 Å². The van der Waals surface area contributed by atoms with Crippen LogP contribution in [-0.2, 0) is 0 Å². The van der Waals surface area contributed by atoms with E-state index in [-0.39, 0.29) is 17.2 Å². The van der Waals surface area contributed by atoms with E-state index < -0.39 is 11.9 Å². The van der Waals surface area contributed by atoms with Gasteiger partial charge in [0.1, 0.15) is 5.69 Å². The normalized spacial score (nSPS) is 12.1. The van der Waals surface area contributed by atoms with E-state index in [1.165, 1.54) is 19.2 Å². The number of rotatable bonds is 5. The van der Waals surface area contributed by atoms with Crippen molar-refractivity contribution in [2.45, 2.75) is 19.3 Å². The van der Waals surface area contributed by atoms with Crippen LogP contribution in [0.3, 0.4) is 0 Å². The molecule has 0 aliphatic carbocycles. The molecule has 7 heteroatoms. The van der Waals surface area contributed by atoms with E-state index in [1.807, 2.05) is 19.2 Å². The summed E-state index contributed by atoms with van der Waals surface area (Å²) in [5.41, 5.74) is 2.51. The summed E-state index contributed by atoms with van der Waals surface area (Å²) in [6, 6.07) is 4.76. The Hall–Kier alpha value is -3.22. The molecule has 0 saturated heterocycles. The number of aromatic amines is 1. The summed E-state index contributed by atoms with van der Waals surface area (Å²) in [6.07, 6.45) is 6.02. The zero-order chi connectivity index (χ0) is 18.0. The van der Waals surface area contributed by atoms with Crippen molar-refractivity contribution in [1.82, 2.24) is 20.3 Å². The van der Waals surface area contributed by atoms with Crippen LogP contribution in [0.15, 0.2) is 36.8 Å². The largest absolute Gasteiger partial charge is 0.478 e. The van der Waals surface area contributed by atoms with Crippen LogP contribution in [0.25, 0.3) is 10.9 Å². The highest BCUT2D eigenvalue weighted by Crippen LogP contribution is 2.32. The predicted octanol–water partition coefficient (Wildman–Crippen LogP) is 2.56. The van der Waals surface area contributed by atoms with Gasteiger partial charge in [-0.1, -0.05) is 6.92 Å². The number of hydrogen-bond donors (Lipinski definition) is 3. The van der Waals surface area contributed by atoms with E-state index in [0.29, 0.717) is 12.1 Å². The van der Waals surface area contributed by atoms with Gasteiger partial charge in [-0.25, -0.2) is 9.78 Å². The van der Waals surface area contributed by atoms with Crippen LogP contribution in [0, 0.1) is 0 Å². The molecule has 25 heavy (non-hydrogen) atoms. The highest BCUT2D eigenvalue weighted by Gasteiger charge is 2.21. The van der Waals surface area contributed by atoms with Gasteiger partial charge >= 0.3 is 5.97 Å². The summed E-state index contributed by atoms with van der Waals surface area (Å²) >= 11 is 0. The third-order valence-electron chi connectivity index (χ3n) is 4.20. The number of fused-ring (bicyclic) bond motifs is 1. The van der Waals surface area contributed by atoms with Crippen molar-refractivity contribution in [2.75, 3.05) is 7.05 Å². The van der Waals surface area contributed by atoms with Gasteiger partial charge in [0.2, 0.25) is 0 Å². The fourth-order valence-electron chi connectivity index (χ4n) is 2.97. The van der Waals surface area contributed by atoms with E-state index in [0.717, 1.165) is 16.5 Å². The fourth-order valence-corrected chi connectivity index (χ4v) is 2.97. The lowest BCUT2D eigenvalue weighted by molar-refractivity contribution is 0.0696. The average molecular weight is 338 g/mol. The van der Waals surface area contributed by atoms with Gasteiger partial charge in [0.15, 0.2) is 0 Å². The first-order chi connectivity index (χ1) is 12.0. The first kappa shape index (κ1) is 16.6. The van der Waals surface area contributed by atoms with E-state index in [4.69, 9.17) is 0 Å². The van der Waals surface area contributed by atoms with Crippen LogP contribution < -0.4 is 5.32 Å². The molecule has 3 aromatic heterocycles. The quantitative estimate of drug-likeness (QED) is 0.662. The number of H-pyrrole nitrogens is 1.